The number of carbonyl (C=O) groups excluding carboxylic acids is 2. The van der Waals surface area contributed by atoms with Crippen LogP contribution >= 0.6 is 22.7 Å². The summed E-state index contributed by atoms with van der Waals surface area (Å²) in [6, 6.07) is 3.40. The maximum absolute atomic E-state index is 12.9. The lowest BCUT2D eigenvalue weighted by Gasteiger charge is -2.26. The van der Waals surface area contributed by atoms with Crippen LogP contribution in [0.1, 0.15) is 20.4 Å². The van der Waals surface area contributed by atoms with Crippen molar-refractivity contribution < 1.29 is 32.2 Å². The lowest BCUT2D eigenvalue weighted by atomic mass is 10.1. The zero-order valence-corrected chi connectivity index (χ0v) is 20.1. The highest BCUT2D eigenvalue weighted by molar-refractivity contribution is 7.15. The van der Waals surface area contributed by atoms with E-state index in [1.165, 1.54) is 34.8 Å². The number of hydrogen-bond acceptors (Lipinski definition) is 10. The Balaban J connectivity index is 1.49. The van der Waals surface area contributed by atoms with Crippen molar-refractivity contribution in [1.82, 2.24) is 20.1 Å². The molecule has 1 saturated heterocycles. The van der Waals surface area contributed by atoms with E-state index >= 15 is 0 Å². The number of alkyl halides is 3. The number of anilines is 1. The largest absolute Gasteiger partial charge is 0.573 e. The quantitative estimate of drug-likeness (QED) is 0.444. The first-order valence-corrected chi connectivity index (χ1v) is 12.1. The van der Waals surface area contributed by atoms with Crippen molar-refractivity contribution in [2.24, 2.45) is 0 Å². The van der Waals surface area contributed by atoms with Gasteiger partial charge in [0.1, 0.15) is 10.7 Å². The second-order valence-corrected chi connectivity index (χ2v) is 9.67. The van der Waals surface area contributed by atoms with Gasteiger partial charge in [0.2, 0.25) is 5.91 Å². The van der Waals surface area contributed by atoms with Crippen LogP contribution in [-0.4, -0.2) is 71.0 Å². The van der Waals surface area contributed by atoms with Crippen LogP contribution in [0.4, 0.5) is 18.9 Å². The second kappa shape index (κ2) is 10.8. The molecular weight excluding hydrogens is 507 g/mol. The van der Waals surface area contributed by atoms with Gasteiger partial charge in [0.25, 0.3) is 0 Å². The first kappa shape index (κ1) is 25.2. The summed E-state index contributed by atoms with van der Waals surface area (Å²) in [5, 5.41) is 14.2. The van der Waals surface area contributed by atoms with E-state index in [9.17, 15) is 22.8 Å². The number of morpholine rings is 1. The van der Waals surface area contributed by atoms with Crippen LogP contribution in [0.3, 0.4) is 0 Å². The van der Waals surface area contributed by atoms with Gasteiger partial charge in [-0.3, -0.25) is 14.5 Å². The number of halogens is 3. The highest BCUT2D eigenvalue weighted by Crippen LogP contribution is 2.32. The van der Waals surface area contributed by atoms with Gasteiger partial charge in [-0.2, -0.15) is 0 Å². The molecule has 0 bridgehead atoms. The molecule has 0 unspecified atom stereocenters. The van der Waals surface area contributed by atoms with Crippen molar-refractivity contribution >= 4 is 40.1 Å². The van der Waals surface area contributed by atoms with E-state index in [0.717, 1.165) is 11.1 Å². The zero-order valence-electron chi connectivity index (χ0n) is 18.4. The Morgan fingerprint density at radius 2 is 2.00 bits per heavy atom. The molecule has 1 aliphatic heterocycles. The zero-order chi connectivity index (χ0) is 25.0. The fraction of sp³-hybridized carbons (Fsp3) is 0.381. The number of benzene rings is 1. The summed E-state index contributed by atoms with van der Waals surface area (Å²) in [6.45, 7) is 3.83. The van der Waals surface area contributed by atoms with E-state index in [1.807, 2.05) is 17.2 Å². The first-order chi connectivity index (χ1) is 16.7. The van der Waals surface area contributed by atoms with Crippen LogP contribution in [0.5, 0.6) is 5.75 Å². The highest BCUT2D eigenvalue weighted by atomic mass is 32.1. The summed E-state index contributed by atoms with van der Waals surface area (Å²) in [7, 11) is 0. The molecule has 0 saturated carbocycles. The SMILES string of the molecule is Cc1nc(-c2nnc(CC(=O)c3ccc(OC(F)(F)F)c(NC(=O)CN4CCOCC4)c3)s2)cs1. The molecule has 3 aromatic rings. The third-order valence-corrected chi connectivity index (χ3v) is 6.61. The molecule has 1 aromatic carbocycles. The van der Waals surface area contributed by atoms with Crippen molar-refractivity contribution in [2.45, 2.75) is 19.7 Å². The van der Waals surface area contributed by atoms with Gasteiger partial charge >= 0.3 is 6.36 Å². The topological polar surface area (TPSA) is 107 Å². The van der Waals surface area contributed by atoms with Crippen molar-refractivity contribution in [2.75, 3.05) is 38.2 Å². The summed E-state index contributed by atoms with van der Waals surface area (Å²) < 4.78 is 47.9. The third-order valence-electron chi connectivity index (χ3n) is 4.89. The molecule has 4 rings (SSSR count). The Hall–Kier alpha value is -2.94. The number of thiazole rings is 1. The lowest BCUT2D eigenvalue weighted by molar-refractivity contribution is -0.274. The van der Waals surface area contributed by atoms with E-state index in [0.29, 0.717) is 42.0 Å². The molecule has 0 spiro atoms. The molecule has 35 heavy (non-hydrogen) atoms. The van der Waals surface area contributed by atoms with Crippen LogP contribution in [0.25, 0.3) is 10.7 Å². The summed E-state index contributed by atoms with van der Waals surface area (Å²) in [5.41, 5.74) is 0.521. The molecule has 1 N–H and O–H groups in total. The van der Waals surface area contributed by atoms with Crippen LogP contribution < -0.4 is 10.1 Å². The van der Waals surface area contributed by atoms with Gasteiger partial charge in [0.05, 0.1) is 36.9 Å². The van der Waals surface area contributed by atoms with Crippen molar-refractivity contribution in [3.05, 3.63) is 39.2 Å². The minimum Gasteiger partial charge on any atom is -0.404 e. The number of ether oxygens (including phenoxy) is 2. The fourth-order valence-electron chi connectivity index (χ4n) is 3.30. The van der Waals surface area contributed by atoms with E-state index in [-0.39, 0.29) is 24.2 Å². The standard InChI is InChI=1S/C21H20F3N5O4S2/c1-12-25-15(11-34-12)20-28-27-19(35-20)9-16(30)13-2-3-17(33-21(22,23)24)14(8-13)26-18(31)10-29-4-6-32-7-5-29/h2-3,8,11H,4-7,9-10H2,1H3,(H,26,31). The van der Waals surface area contributed by atoms with Crippen LogP contribution in [0.2, 0.25) is 0 Å². The smallest absolute Gasteiger partial charge is 0.404 e. The van der Waals surface area contributed by atoms with Crippen molar-refractivity contribution in [1.29, 1.82) is 0 Å². The van der Waals surface area contributed by atoms with Crippen LogP contribution in [0, 0.1) is 6.92 Å². The molecule has 9 nitrogen and oxygen atoms in total. The first-order valence-electron chi connectivity index (χ1n) is 10.4. The number of ketones is 1. The molecule has 1 fully saturated rings. The van der Waals surface area contributed by atoms with Gasteiger partial charge in [0, 0.05) is 24.0 Å². The average molecular weight is 528 g/mol. The van der Waals surface area contributed by atoms with Crippen LogP contribution in [0.15, 0.2) is 23.6 Å². The van der Waals surface area contributed by atoms with Crippen molar-refractivity contribution in [3.63, 3.8) is 0 Å². The van der Waals surface area contributed by atoms with Gasteiger partial charge in [-0.1, -0.05) is 11.3 Å². The molecule has 1 aliphatic rings. The van der Waals surface area contributed by atoms with E-state index in [4.69, 9.17) is 4.74 Å². The predicted molar refractivity (Wildman–Crippen MR) is 123 cm³/mol. The van der Waals surface area contributed by atoms with E-state index < -0.39 is 23.8 Å². The van der Waals surface area contributed by atoms with Crippen molar-refractivity contribution in [3.8, 4) is 16.5 Å². The van der Waals surface area contributed by atoms with Gasteiger partial charge in [-0.25, -0.2) is 4.98 Å². The minimum absolute atomic E-state index is 0.0311. The molecule has 0 radical (unpaired) electrons. The Morgan fingerprint density at radius 1 is 1.23 bits per heavy atom. The highest BCUT2D eigenvalue weighted by Gasteiger charge is 2.32. The molecule has 3 heterocycles. The lowest BCUT2D eigenvalue weighted by Crippen LogP contribution is -2.41. The number of nitrogens with one attached hydrogen (secondary N) is 1. The monoisotopic (exact) mass is 527 g/mol. The summed E-state index contributed by atoms with van der Waals surface area (Å²) in [6.07, 6.45) is -5.08. The maximum Gasteiger partial charge on any atom is 0.573 e. The normalized spacial score (nSPS) is 14.6. The number of aromatic nitrogens is 3. The average Bonchev–Trinajstić information content (AvgIpc) is 3.43. The number of nitrogens with zero attached hydrogens (tertiary/aromatic N) is 4. The predicted octanol–water partition coefficient (Wildman–Crippen LogP) is 3.56. The number of carbonyl (C=O) groups is 2. The Morgan fingerprint density at radius 3 is 2.69 bits per heavy atom. The summed E-state index contributed by atoms with van der Waals surface area (Å²) >= 11 is 2.68. The molecule has 0 atom stereocenters. The Bertz CT molecular complexity index is 1210. The molecule has 14 heteroatoms. The van der Waals surface area contributed by atoms with Gasteiger partial charge in [0.15, 0.2) is 16.5 Å². The molecule has 186 valence electrons. The maximum atomic E-state index is 12.9. The van der Waals surface area contributed by atoms with Crippen LogP contribution in [-0.2, 0) is 16.0 Å². The van der Waals surface area contributed by atoms with E-state index in [1.54, 1.807) is 0 Å². The number of aryl methyl sites for hydroxylation is 1. The van der Waals surface area contributed by atoms with E-state index in [2.05, 4.69) is 25.2 Å². The minimum atomic E-state index is -4.97. The molecule has 0 aliphatic carbocycles. The molecule has 2 aromatic heterocycles. The van der Waals surface area contributed by atoms with Gasteiger partial charge in [-0.15, -0.1) is 34.7 Å². The van der Waals surface area contributed by atoms with Gasteiger partial charge < -0.3 is 14.8 Å². The molecular formula is C21H20F3N5O4S2. The Labute approximate surface area is 205 Å². The number of Topliss-reactive ketones (excluding diaryl/α,β-unsaturated/α-hetero) is 1. The van der Waals surface area contributed by atoms with Gasteiger partial charge in [-0.05, 0) is 25.1 Å². The summed E-state index contributed by atoms with van der Waals surface area (Å²) in [5.74, 6) is -1.54. The third kappa shape index (κ3) is 7.04. The Kier molecular flexibility index (Phi) is 7.74. The second-order valence-electron chi connectivity index (χ2n) is 7.55. The number of hydrogen-bond donors (Lipinski definition) is 1. The fourth-order valence-corrected chi connectivity index (χ4v) is 4.77. The number of rotatable bonds is 8. The molecule has 1 amide bonds. The summed E-state index contributed by atoms with van der Waals surface area (Å²) in [4.78, 5) is 31.5. The number of amides is 1.